The zero-order valence-corrected chi connectivity index (χ0v) is 13.2. The Labute approximate surface area is 133 Å². The molecule has 2 heteroatoms. The van der Waals surface area contributed by atoms with E-state index in [-0.39, 0.29) is 0 Å². The van der Waals surface area contributed by atoms with Crippen LogP contribution in [-0.4, -0.2) is 0 Å². The van der Waals surface area contributed by atoms with E-state index in [4.69, 9.17) is 11.5 Å². The zero-order valence-electron chi connectivity index (χ0n) is 13.2. The molecule has 4 N–H and O–H groups in total. The van der Waals surface area contributed by atoms with E-state index in [1.54, 1.807) is 0 Å². The maximum absolute atomic E-state index is 5.70. The minimum Gasteiger partial charge on any atom is -0.326 e. The van der Waals surface area contributed by atoms with Gasteiger partial charge in [-0.1, -0.05) is 55.0 Å². The molecule has 0 bridgehead atoms. The van der Waals surface area contributed by atoms with Crippen LogP contribution in [0.1, 0.15) is 47.4 Å². The van der Waals surface area contributed by atoms with Crippen LogP contribution in [0.15, 0.2) is 48.5 Å². The largest absolute Gasteiger partial charge is 0.326 e. The molecule has 1 saturated carbocycles. The topological polar surface area (TPSA) is 52.0 Å². The summed E-state index contributed by atoms with van der Waals surface area (Å²) in [7, 11) is 0. The van der Waals surface area contributed by atoms with Gasteiger partial charge in [0.1, 0.15) is 0 Å². The van der Waals surface area contributed by atoms with E-state index in [1.807, 2.05) is 0 Å². The summed E-state index contributed by atoms with van der Waals surface area (Å²) in [5.41, 5.74) is 16.7. The molecule has 0 amide bonds. The summed E-state index contributed by atoms with van der Waals surface area (Å²) in [5.74, 6) is 1.45. The van der Waals surface area contributed by atoms with Gasteiger partial charge in [0.2, 0.25) is 0 Å². The molecule has 3 rings (SSSR count). The predicted molar refractivity (Wildman–Crippen MR) is 92.5 cm³/mol. The molecule has 1 fully saturated rings. The van der Waals surface area contributed by atoms with E-state index in [1.165, 1.54) is 47.9 Å². The Morgan fingerprint density at radius 2 is 1.27 bits per heavy atom. The fraction of sp³-hybridized carbons (Fsp3) is 0.400. The molecule has 0 spiro atoms. The van der Waals surface area contributed by atoms with Crippen LogP contribution in [0, 0.1) is 5.92 Å². The highest BCUT2D eigenvalue weighted by Gasteiger charge is 2.28. The van der Waals surface area contributed by atoms with Gasteiger partial charge in [-0.15, -0.1) is 0 Å². The SMILES string of the molecule is NCc1ccc(CC2CCC[C@@H]2c2ccc(CN)cc2)cc1. The Morgan fingerprint density at radius 1 is 0.727 bits per heavy atom. The highest BCUT2D eigenvalue weighted by Crippen LogP contribution is 2.41. The Hall–Kier alpha value is -1.64. The van der Waals surface area contributed by atoms with Crippen molar-refractivity contribution >= 4 is 0 Å². The van der Waals surface area contributed by atoms with Crippen LogP contribution in [0.3, 0.4) is 0 Å². The Morgan fingerprint density at radius 3 is 1.86 bits per heavy atom. The average molecular weight is 294 g/mol. The fourth-order valence-electron chi connectivity index (χ4n) is 3.74. The Bertz CT molecular complexity index is 586. The molecule has 1 unspecified atom stereocenters. The van der Waals surface area contributed by atoms with E-state index in [9.17, 15) is 0 Å². The van der Waals surface area contributed by atoms with E-state index < -0.39 is 0 Å². The summed E-state index contributed by atoms with van der Waals surface area (Å²) in [6, 6.07) is 17.7. The van der Waals surface area contributed by atoms with Crippen molar-refractivity contribution in [3.63, 3.8) is 0 Å². The Kier molecular flexibility index (Phi) is 4.91. The van der Waals surface area contributed by atoms with E-state index in [0.717, 1.165) is 5.92 Å². The van der Waals surface area contributed by atoms with Crippen LogP contribution in [0.4, 0.5) is 0 Å². The molecule has 2 aromatic rings. The molecule has 0 heterocycles. The first-order valence-corrected chi connectivity index (χ1v) is 8.37. The lowest BCUT2D eigenvalue weighted by Crippen LogP contribution is -2.10. The molecule has 0 aromatic heterocycles. The van der Waals surface area contributed by atoms with Crippen molar-refractivity contribution in [3.05, 3.63) is 70.8 Å². The smallest absolute Gasteiger partial charge is 0.0178 e. The first-order valence-electron chi connectivity index (χ1n) is 8.37. The minimum absolute atomic E-state index is 0.625. The second-order valence-electron chi connectivity index (χ2n) is 6.47. The molecule has 116 valence electrons. The summed E-state index contributed by atoms with van der Waals surface area (Å²) in [6.07, 6.45) is 5.17. The minimum atomic E-state index is 0.625. The molecule has 0 radical (unpaired) electrons. The van der Waals surface area contributed by atoms with Crippen molar-refractivity contribution < 1.29 is 0 Å². The molecule has 0 aliphatic heterocycles. The first kappa shape index (κ1) is 15.3. The number of nitrogens with two attached hydrogens (primary N) is 2. The standard InChI is InChI=1S/C20H26N2/c21-13-16-6-4-15(5-7-16)12-19-2-1-3-20(19)18-10-8-17(14-22)9-11-18/h4-11,19-20H,1-3,12-14,21-22H2/t19?,20-/m1/s1. The molecule has 22 heavy (non-hydrogen) atoms. The van der Waals surface area contributed by atoms with Crippen molar-refractivity contribution in [1.82, 2.24) is 0 Å². The third-order valence-corrected chi connectivity index (χ3v) is 5.06. The van der Waals surface area contributed by atoms with E-state index in [0.29, 0.717) is 19.0 Å². The molecule has 1 aliphatic carbocycles. The lowest BCUT2D eigenvalue weighted by atomic mass is 9.84. The lowest BCUT2D eigenvalue weighted by Gasteiger charge is -2.20. The summed E-state index contributed by atoms with van der Waals surface area (Å²) < 4.78 is 0. The van der Waals surface area contributed by atoms with Gasteiger partial charge in [-0.2, -0.15) is 0 Å². The van der Waals surface area contributed by atoms with Gasteiger partial charge in [0.15, 0.2) is 0 Å². The number of benzene rings is 2. The summed E-state index contributed by atoms with van der Waals surface area (Å²) in [5, 5.41) is 0. The average Bonchev–Trinajstić information content (AvgIpc) is 3.04. The predicted octanol–water partition coefficient (Wildman–Crippen LogP) is 3.73. The van der Waals surface area contributed by atoms with E-state index in [2.05, 4.69) is 48.5 Å². The van der Waals surface area contributed by atoms with Crippen molar-refractivity contribution in [2.24, 2.45) is 17.4 Å². The van der Waals surface area contributed by atoms with Crippen LogP contribution in [0.2, 0.25) is 0 Å². The molecule has 1 aliphatic rings. The molecular formula is C20H26N2. The van der Waals surface area contributed by atoms with Gasteiger partial charge in [0.25, 0.3) is 0 Å². The van der Waals surface area contributed by atoms with Crippen LogP contribution in [0.25, 0.3) is 0 Å². The van der Waals surface area contributed by atoms with Gasteiger partial charge in [-0.25, -0.2) is 0 Å². The third kappa shape index (κ3) is 3.40. The number of hydrogen-bond donors (Lipinski definition) is 2. The van der Waals surface area contributed by atoms with Gasteiger partial charge in [-0.05, 0) is 53.4 Å². The summed E-state index contributed by atoms with van der Waals surface area (Å²) >= 11 is 0. The second kappa shape index (κ2) is 7.08. The van der Waals surface area contributed by atoms with Crippen molar-refractivity contribution in [1.29, 1.82) is 0 Å². The Balaban J connectivity index is 1.71. The van der Waals surface area contributed by atoms with Gasteiger partial charge in [0.05, 0.1) is 0 Å². The van der Waals surface area contributed by atoms with Gasteiger partial charge >= 0.3 is 0 Å². The highest BCUT2D eigenvalue weighted by molar-refractivity contribution is 5.28. The number of hydrogen-bond acceptors (Lipinski definition) is 2. The van der Waals surface area contributed by atoms with Crippen molar-refractivity contribution in [2.75, 3.05) is 0 Å². The van der Waals surface area contributed by atoms with Gasteiger partial charge < -0.3 is 11.5 Å². The zero-order chi connectivity index (χ0) is 15.4. The van der Waals surface area contributed by atoms with Crippen LogP contribution >= 0.6 is 0 Å². The summed E-state index contributed by atoms with van der Waals surface area (Å²) in [4.78, 5) is 0. The van der Waals surface area contributed by atoms with Gasteiger partial charge in [0, 0.05) is 13.1 Å². The molecular weight excluding hydrogens is 268 g/mol. The van der Waals surface area contributed by atoms with Crippen molar-refractivity contribution in [2.45, 2.75) is 44.7 Å². The van der Waals surface area contributed by atoms with Crippen LogP contribution in [-0.2, 0) is 19.5 Å². The molecule has 0 saturated heterocycles. The molecule has 2 atom stereocenters. The van der Waals surface area contributed by atoms with E-state index >= 15 is 0 Å². The summed E-state index contributed by atoms with van der Waals surface area (Å²) in [6.45, 7) is 1.25. The van der Waals surface area contributed by atoms with Gasteiger partial charge in [-0.3, -0.25) is 0 Å². The number of rotatable bonds is 5. The van der Waals surface area contributed by atoms with Crippen LogP contribution < -0.4 is 11.5 Å². The molecule has 2 aromatic carbocycles. The van der Waals surface area contributed by atoms with Crippen molar-refractivity contribution in [3.8, 4) is 0 Å². The fourth-order valence-corrected chi connectivity index (χ4v) is 3.74. The first-order chi connectivity index (χ1) is 10.8. The normalized spacial score (nSPS) is 21.2. The third-order valence-electron chi connectivity index (χ3n) is 5.06. The lowest BCUT2D eigenvalue weighted by molar-refractivity contribution is 0.482. The second-order valence-corrected chi connectivity index (χ2v) is 6.47. The monoisotopic (exact) mass is 294 g/mol. The quantitative estimate of drug-likeness (QED) is 0.883. The maximum Gasteiger partial charge on any atom is 0.0178 e. The maximum atomic E-state index is 5.70. The highest BCUT2D eigenvalue weighted by atomic mass is 14.5. The van der Waals surface area contributed by atoms with Crippen LogP contribution in [0.5, 0.6) is 0 Å². The molecule has 2 nitrogen and oxygen atoms in total.